The number of fused-ring (bicyclic) bond motifs is 2. The minimum absolute atomic E-state index is 0.411. The third-order valence-corrected chi connectivity index (χ3v) is 10.5. The van der Waals surface area contributed by atoms with Gasteiger partial charge in [-0.1, -0.05) is 127 Å². The summed E-state index contributed by atoms with van der Waals surface area (Å²) in [6.07, 6.45) is 20.1. The molecule has 0 saturated carbocycles. The monoisotopic (exact) mass is 806 g/mol. The predicted octanol–water partition coefficient (Wildman–Crippen LogP) is 13.7. The van der Waals surface area contributed by atoms with Crippen LogP contribution < -0.4 is 18.9 Å². The van der Waals surface area contributed by atoms with Gasteiger partial charge in [-0.2, -0.15) is 0 Å². The Morgan fingerprint density at radius 3 is 1.08 bits per heavy atom. The van der Waals surface area contributed by atoms with Gasteiger partial charge >= 0.3 is 11.9 Å². The van der Waals surface area contributed by atoms with Crippen LogP contribution in [0.25, 0.3) is 21.5 Å². The van der Waals surface area contributed by atoms with Gasteiger partial charge in [0.25, 0.3) is 0 Å². The smallest absolute Gasteiger partial charge is 0.308 e. The number of ether oxygens (including phenoxy) is 4. The summed E-state index contributed by atoms with van der Waals surface area (Å²) < 4.78 is 23.2. The van der Waals surface area contributed by atoms with Crippen molar-refractivity contribution in [2.45, 2.75) is 130 Å². The summed E-state index contributed by atoms with van der Waals surface area (Å²) in [6.45, 7) is 8.67. The van der Waals surface area contributed by atoms with Crippen LogP contribution in [0.5, 0.6) is 23.0 Å². The molecule has 6 nitrogen and oxygen atoms in total. The van der Waals surface area contributed by atoms with Crippen molar-refractivity contribution in [1.82, 2.24) is 0 Å². The van der Waals surface area contributed by atoms with Crippen molar-refractivity contribution in [3.05, 3.63) is 107 Å². The predicted molar refractivity (Wildman–Crippen MR) is 245 cm³/mol. The van der Waals surface area contributed by atoms with Crippen LogP contribution in [-0.2, 0) is 9.59 Å². The molecule has 0 bridgehead atoms. The van der Waals surface area contributed by atoms with Crippen molar-refractivity contribution < 1.29 is 28.5 Å². The SMILES string of the molecule is CCCCCCCCCCOc1ccc(C#Cc2c3ccc(OC(C)=O)cc3c(C#Cc3ccc(OCCCCCCCCCC)cc3)c3ccc(OC(C)=O)cc23)cc1. The first kappa shape index (κ1) is 45.4. The maximum atomic E-state index is 12.0. The van der Waals surface area contributed by atoms with E-state index in [2.05, 4.69) is 37.5 Å². The lowest BCUT2D eigenvalue weighted by molar-refractivity contribution is -0.132. The van der Waals surface area contributed by atoms with Gasteiger partial charge in [-0.15, -0.1) is 0 Å². The van der Waals surface area contributed by atoms with E-state index < -0.39 is 11.9 Å². The Hall–Kier alpha value is -5.72. The molecule has 5 aromatic rings. The fraction of sp³-hybridized carbons (Fsp3) is 0.407. The number of carbonyl (C=O) groups is 2. The van der Waals surface area contributed by atoms with Crippen molar-refractivity contribution in [3.63, 3.8) is 0 Å². The number of hydrogen-bond donors (Lipinski definition) is 0. The topological polar surface area (TPSA) is 71.1 Å². The molecule has 314 valence electrons. The summed E-state index contributed by atoms with van der Waals surface area (Å²) in [5.74, 6) is 15.2. The Kier molecular flexibility index (Phi) is 18.9. The van der Waals surface area contributed by atoms with E-state index in [-0.39, 0.29) is 0 Å². The Balaban J connectivity index is 1.38. The molecule has 0 unspecified atom stereocenters. The molecular weight excluding hydrogens is 745 g/mol. The van der Waals surface area contributed by atoms with Crippen molar-refractivity contribution in [2.24, 2.45) is 0 Å². The highest BCUT2D eigenvalue weighted by molar-refractivity contribution is 6.10. The van der Waals surface area contributed by atoms with Crippen LogP contribution in [0.2, 0.25) is 0 Å². The first-order valence-electron chi connectivity index (χ1n) is 22.2. The second-order valence-corrected chi connectivity index (χ2v) is 15.5. The number of carbonyl (C=O) groups excluding carboxylic acids is 2. The maximum absolute atomic E-state index is 12.0. The van der Waals surface area contributed by atoms with E-state index in [1.165, 1.54) is 104 Å². The van der Waals surface area contributed by atoms with Crippen molar-refractivity contribution in [3.8, 4) is 46.7 Å². The largest absolute Gasteiger partial charge is 0.494 e. The lowest BCUT2D eigenvalue weighted by Crippen LogP contribution is -2.02. The summed E-state index contributed by atoms with van der Waals surface area (Å²) in [5.41, 5.74) is 3.14. The number of rotatable bonds is 22. The first-order chi connectivity index (χ1) is 29.3. The highest BCUT2D eigenvalue weighted by atomic mass is 16.5. The van der Waals surface area contributed by atoms with Gasteiger partial charge in [-0.05, 0) is 109 Å². The Morgan fingerprint density at radius 1 is 0.400 bits per heavy atom. The molecule has 0 saturated heterocycles. The number of esters is 2. The van der Waals surface area contributed by atoms with Gasteiger partial charge in [0, 0.05) is 46.9 Å². The molecule has 0 atom stereocenters. The summed E-state index contributed by atoms with van der Waals surface area (Å²) in [4.78, 5) is 24.0. The summed E-state index contributed by atoms with van der Waals surface area (Å²) in [7, 11) is 0. The van der Waals surface area contributed by atoms with Crippen LogP contribution in [0, 0.1) is 23.7 Å². The molecule has 6 heteroatoms. The summed E-state index contributed by atoms with van der Waals surface area (Å²) in [6, 6.07) is 26.7. The Morgan fingerprint density at radius 2 is 0.733 bits per heavy atom. The molecule has 0 aliphatic carbocycles. The molecule has 0 fully saturated rings. The molecule has 5 rings (SSSR count). The van der Waals surface area contributed by atoms with E-state index in [0.29, 0.717) is 24.7 Å². The quantitative estimate of drug-likeness (QED) is 0.0228. The lowest BCUT2D eigenvalue weighted by Gasteiger charge is -2.13. The van der Waals surface area contributed by atoms with Gasteiger partial charge in [-0.25, -0.2) is 0 Å². The Bertz CT molecular complexity index is 2100. The maximum Gasteiger partial charge on any atom is 0.308 e. The fourth-order valence-electron chi connectivity index (χ4n) is 7.31. The highest BCUT2D eigenvalue weighted by Crippen LogP contribution is 2.36. The lowest BCUT2D eigenvalue weighted by atomic mass is 9.91. The van der Waals surface area contributed by atoms with Gasteiger partial charge in [0.1, 0.15) is 23.0 Å². The zero-order chi connectivity index (χ0) is 42.4. The van der Waals surface area contributed by atoms with Gasteiger partial charge in [0.15, 0.2) is 0 Å². The van der Waals surface area contributed by atoms with Crippen molar-refractivity contribution in [1.29, 1.82) is 0 Å². The molecule has 0 spiro atoms. The van der Waals surface area contributed by atoms with Crippen molar-refractivity contribution in [2.75, 3.05) is 13.2 Å². The van der Waals surface area contributed by atoms with E-state index in [4.69, 9.17) is 18.9 Å². The van der Waals surface area contributed by atoms with E-state index >= 15 is 0 Å². The van der Waals surface area contributed by atoms with Gasteiger partial charge in [0.05, 0.1) is 13.2 Å². The van der Waals surface area contributed by atoms with E-state index in [1.807, 2.05) is 72.8 Å². The molecule has 60 heavy (non-hydrogen) atoms. The average molecular weight is 807 g/mol. The molecule has 0 heterocycles. The molecule has 5 aromatic carbocycles. The van der Waals surface area contributed by atoms with E-state index in [9.17, 15) is 9.59 Å². The minimum Gasteiger partial charge on any atom is -0.494 e. The zero-order valence-electron chi connectivity index (χ0n) is 36.3. The third-order valence-electron chi connectivity index (χ3n) is 10.5. The van der Waals surface area contributed by atoms with Crippen LogP contribution in [0.4, 0.5) is 0 Å². The van der Waals surface area contributed by atoms with Gasteiger partial charge in [0.2, 0.25) is 0 Å². The first-order valence-corrected chi connectivity index (χ1v) is 22.2. The van der Waals surface area contributed by atoms with Gasteiger partial charge < -0.3 is 18.9 Å². The fourth-order valence-corrected chi connectivity index (χ4v) is 7.31. The second-order valence-electron chi connectivity index (χ2n) is 15.5. The summed E-state index contributed by atoms with van der Waals surface area (Å²) in [5, 5.41) is 3.22. The average Bonchev–Trinajstić information content (AvgIpc) is 3.24. The van der Waals surface area contributed by atoms with Crippen LogP contribution >= 0.6 is 0 Å². The number of benzene rings is 5. The molecule has 0 radical (unpaired) electrons. The Labute approximate surface area is 358 Å². The van der Waals surface area contributed by atoms with Crippen molar-refractivity contribution >= 4 is 33.5 Å². The van der Waals surface area contributed by atoms with Gasteiger partial charge in [-0.3, -0.25) is 9.59 Å². The molecule has 0 aliphatic rings. The number of hydrogen-bond acceptors (Lipinski definition) is 6. The number of unbranched alkanes of at least 4 members (excludes halogenated alkanes) is 14. The standard InChI is InChI=1S/C54H62O6/c1-5-7-9-11-13-15-17-19-37-57-45-27-21-43(22-28-45)25-33-49-51-35-31-48(60-42(4)56)40-54(51)50(52-36-32-47(39-53(49)52)59-41(3)55)34-26-44-23-29-46(30-24-44)58-38-20-18-16-14-12-10-8-6-2/h21-24,27-32,35-36,39-40H,5-20,37-38H2,1-4H3. The van der Waals surface area contributed by atoms with Crippen LogP contribution in [-0.4, -0.2) is 25.2 Å². The second kappa shape index (κ2) is 25.0. The molecule has 0 aromatic heterocycles. The molecule has 0 aliphatic heterocycles. The van der Waals surface area contributed by atoms with E-state index in [0.717, 1.165) is 68.1 Å². The molecule has 0 amide bonds. The minimum atomic E-state index is -0.413. The zero-order valence-corrected chi connectivity index (χ0v) is 36.3. The van der Waals surface area contributed by atoms with Crippen LogP contribution in [0.3, 0.4) is 0 Å². The summed E-state index contributed by atoms with van der Waals surface area (Å²) >= 11 is 0. The third kappa shape index (κ3) is 14.8. The highest BCUT2D eigenvalue weighted by Gasteiger charge is 2.15. The molecule has 0 N–H and O–H groups in total. The molecular formula is C54H62O6. The normalized spacial score (nSPS) is 10.7. The van der Waals surface area contributed by atoms with E-state index in [1.54, 1.807) is 12.1 Å². The van der Waals surface area contributed by atoms with Crippen LogP contribution in [0.1, 0.15) is 153 Å². The van der Waals surface area contributed by atoms with Crippen LogP contribution in [0.15, 0.2) is 84.9 Å².